The molecule has 0 heterocycles. The second-order valence-corrected chi connectivity index (χ2v) is 8.71. The van der Waals surface area contributed by atoms with Gasteiger partial charge < -0.3 is 5.73 Å². The second-order valence-electron chi connectivity index (χ2n) is 8.71. The van der Waals surface area contributed by atoms with E-state index in [1.807, 2.05) is 0 Å². The van der Waals surface area contributed by atoms with Crippen molar-refractivity contribution in [2.24, 2.45) is 11.1 Å². The van der Waals surface area contributed by atoms with Crippen LogP contribution in [-0.2, 0) is 0 Å². The van der Waals surface area contributed by atoms with Gasteiger partial charge in [-0.15, -0.1) is 17.0 Å². The number of hydrogen-bond donors (Lipinski definition) is 1. The molecule has 1 atom stereocenters. The summed E-state index contributed by atoms with van der Waals surface area (Å²) in [5.41, 5.74) is 6.48. The van der Waals surface area contributed by atoms with Crippen molar-refractivity contribution in [3.63, 3.8) is 0 Å². The zero-order chi connectivity index (χ0) is 17.4. The Bertz CT molecular complexity index is 235. The van der Waals surface area contributed by atoms with Crippen molar-refractivity contribution < 1.29 is 0 Å². The summed E-state index contributed by atoms with van der Waals surface area (Å²) in [6.45, 7) is 9.05. The number of halogens is 1. The maximum absolute atomic E-state index is 6.20. The van der Waals surface area contributed by atoms with Gasteiger partial charge in [0, 0.05) is 6.04 Å². The van der Waals surface area contributed by atoms with Crippen LogP contribution in [0.15, 0.2) is 0 Å². The lowest BCUT2D eigenvalue weighted by atomic mass is 9.84. The first-order valence-corrected chi connectivity index (χ1v) is 10.7. The topological polar surface area (TPSA) is 26.0 Å². The van der Waals surface area contributed by atoms with Crippen LogP contribution in [0.1, 0.15) is 130 Å². The Kier molecular flexibility index (Phi) is 20.3. The van der Waals surface area contributed by atoms with Crippen LogP contribution < -0.4 is 5.73 Å². The zero-order valence-corrected chi connectivity index (χ0v) is 19.1. The third-order valence-electron chi connectivity index (χ3n) is 5.23. The molecule has 24 heavy (non-hydrogen) atoms. The SMILES string of the molecule is Br.CCCCCCCCCCCCCCCCCC(N)C(C)(C)C. The third-order valence-corrected chi connectivity index (χ3v) is 5.23. The van der Waals surface area contributed by atoms with Gasteiger partial charge in [0.25, 0.3) is 0 Å². The van der Waals surface area contributed by atoms with Crippen LogP contribution in [0.3, 0.4) is 0 Å². The Morgan fingerprint density at radius 2 is 0.875 bits per heavy atom. The maximum Gasteiger partial charge on any atom is 0.00876 e. The van der Waals surface area contributed by atoms with Crippen molar-refractivity contribution in [3.8, 4) is 0 Å². The Balaban J connectivity index is 0. The molecule has 0 aliphatic rings. The molecule has 1 unspecified atom stereocenters. The van der Waals surface area contributed by atoms with Crippen molar-refractivity contribution >= 4 is 17.0 Å². The summed E-state index contributed by atoms with van der Waals surface area (Å²) >= 11 is 0. The van der Waals surface area contributed by atoms with Crippen molar-refractivity contribution in [2.75, 3.05) is 0 Å². The first-order chi connectivity index (χ1) is 11.0. The van der Waals surface area contributed by atoms with E-state index >= 15 is 0 Å². The van der Waals surface area contributed by atoms with Gasteiger partial charge in [-0.3, -0.25) is 0 Å². The summed E-state index contributed by atoms with van der Waals surface area (Å²) in [6, 6.07) is 0.365. The van der Waals surface area contributed by atoms with Gasteiger partial charge in [-0.25, -0.2) is 0 Å². The van der Waals surface area contributed by atoms with Crippen LogP contribution in [0.2, 0.25) is 0 Å². The highest BCUT2D eigenvalue weighted by molar-refractivity contribution is 8.93. The van der Waals surface area contributed by atoms with E-state index in [2.05, 4.69) is 27.7 Å². The van der Waals surface area contributed by atoms with Gasteiger partial charge in [-0.2, -0.15) is 0 Å². The van der Waals surface area contributed by atoms with Gasteiger partial charge in [0.2, 0.25) is 0 Å². The molecule has 148 valence electrons. The standard InChI is InChI=1S/C22H47N.BrH/c1-5-6-7-8-9-10-11-12-13-14-15-16-17-18-19-20-21(23)22(2,3)4;/h21H,5-20,23H2,1-4H3;1H. The minimum atomic E-state index is 0. The molecular formula is C22H48BrN. The van der Waals surface area contributed by atoms with E-state index in [1.165, 1.54) is 103 Å². The fourth-order valence-electron chi connectivity index (χ4n) is 3.17. The molecule has 0 fully saturated rings. The van der Waals surface area contributed by atoms with E-state index in [-0.39, 0.29) is 22.4 Å². The minimum absolute atomic E-state index is 0. The normalized spacial score (nSPS) is 12.9. The lowest BCUT2D eigenvalue weighted by molar-refractivity contribution is 0.298. The van der Waals surface area contributed by atoms with Gasteiger partial charge in [0.05, 0.1) is 0 Å². The molecule has 2 N–H and O–H groups in total. The molecule has 0 aromatic heterocycles. The molecule has 2 heteroatoms. The maximum atomic E-state index is 6.20. The Morgan fingerprint density at radius 1 is 0.583 bits per heavy atom. The average Bonchev–Trinajstić information content (AvgIpc) is 2.50. The molecule has 0 aliphatic heterocycles. The molecule has 1 nitrogen and oxygen atoms in total. The van der Waals surface area contributed by atoms with Gasteiger partial charge in [-0.1, -0.05) is 124 Å². The van der Waals surface area contributed by atoms with Gasteiger partial charge in [0.1, 0.15) is 0 Å². The molecular weight excluding hydrogens is 358 g/mol. The van der Waals surface area contributed by atoms with E-state index < -0.39 is 0 Å². The fourth-order valence-corrected chi connectivity index (χ4v) is 3.17. The summed E-state index contributed by atoms with van der Waals surface area (Å²) in [5, 5.41) is 0. The van der Waals surface area contributed by atoms with Crippen molar-refractivity contribution in [1.29, 1.82) is 0 Å². The number of unbranched alkanes of at least 4 members (excludes halogenated alkanes) is 14. The first kappa shape index (κ1) is 26.7. The zero-order valence-electron chi connectivity index (χ0n) is 17.4. The second kappa shape index (κ2) is 18.2. The minimum Gasteiger partial charge on any atom is -0.327 e. The van der Waals surface area contributed by atoms with Crippen LogP contribution in [0.5, 0.6) is 0 Å². The highest BCUT2D eigenvalue weighted by atomic mass is 79.9. The molecule has 0 aromatic rings. The average molecular weight is 407 g/mol. The van der Waals surface area contributed by atoms with E-state index in [0.29, 0.717) is 6.04 Å². The number of hydrogen-bond acceptors (Lipinski definition) is 1. The molecule has 0 rings (SSSR count). The quantitative estimate of drug-likeness (QED) is 0.257. The Hall–Kier alpha value is 0.440. The molecule has 0 aliphatic carbocycles. The molecule has 0 spiro atoms. The van der Waals surface area contributed by atoms with Gasteiger partial charge in [0.15, 0.2) is 0 Å². The lowest BCUT2D eigenvalue weighted by Crippen LogP contribution is -2.34. The van der Waals surface area contributed by atoms with E-state index in [0.717, 1.165) is 0 Å². The first-order valence-electron chi connectivity index (χ1n) is 10.7. The smallest absolute Gasteiger partial charge is 0.00876 e. The molecule has 0 aromatic carbocycles. The number of rotatable bonds is 16. The summed E-state index contributed by atoms with van der Waals surface area (Å²) in [7, 11) is 0. The fraction of sp³-hybridized carbons (Fsp3) is 1.00. The molecule has 0 amide bonds. The predicted octanol–water partition coefficient (Wildman–Crippen LogP) is 8.20. The Labute approximate surface area is 164 Å². The van der Waals surface area contributed by atoms with E-state index in [1.54, 1.807) is 0 Å². The molecule has 0 saturated heterocycles. The van der Waals surface area contributed by atoms with Crippen LogP contribution in [-0.4, -0.2) is 6.04 Å². The molecule has 0 bridgehead atoms. The summed E-state index contributed by atoms with van der Waals surface area (Å²) in [5.74, 6) is 0. The summed E-state index contributed by atoms with van der Waals surface area (Å²) in [6.07, 6.45) is 22.7. The van der Waals surface area contributed by atoms with Crippen molar-refractivity contribution in [2.45, 2.75) is 136 Å². The summed E-state index contributed by atoms with van der Waals surface area (Å²) in [4.78, 5) is 0. The highest BCUT2D eigenvalue weighted by Crippen LogP contribution is 2.22. The lowest BCUT2D eigenvalue weighted by Gasteiger charge is -2.26. The largest absolute Gasteiger partial charge is 0.327 e. The molecule has 0 radical (unpaired) electrons. The summed E-state index contributed by atoms with van der Waals surface area (Å²) < 4.78 is 0. The van der Waals surface area contributed by atoms with E-state index in [9.17, 15) is 0 Å². The van der Waals surface area contributed by atoms with Crippen molar-refractivity contribution in [1.82, 2.24) is 0 Å². The van der Waals surface area contributed by atoms with Crippen LogP contribution >= 0.6 is 17.0 Å². The highest BCUT2D eigenvalue weighted by Gasteiger charge is 2.19. The van der Waals surface area contributed by atoms with Gasteiger partial charge in [-0.05, 0) is 11.8 Å². The predicted molar refractivity (Wildman–Crippen MR) is 117 cm³/mol. The van der Waals surface area contributed by atoms with E-state index in [4.69, 9.17) is 5.73 Å². The van der Waals surface area contributed by atoms with Crippen LogP contribution in [0, 0.1) is 5.41 Å². The monoisotopic (exact) mass is 405 g/mol. The number of nitrogens with two attached hydrogens (primary N) is 1. The third kappa shape index (κ3) is 18.8. The Morgan fingerprint density at radius 3 is 1.17 bits per heavy atom. The van der Waals surface area contributed by atoms with Crippen molar-refractivity contribution in [3.05, 3.63) is 0 Å². The van der Waals surface area contributed by atoms with Gasteiger partial charge >= 0.3 is 0 Å². The van der Waals surface area contributed by atoms with Crippen LogP contribution in [0.25, 0.3) is 0 Å². The molecule has 0 saturated carbocycles. The van der Waals surface area contributed by atoms with Crippen LogP contribution in [0.4, 0.5) is 0 Å².